The number of aromatic nitrogens is 2. The minimum atomic E-state index is -0.279. The third kappa shape index (κ3) is 2.63. The van der Waals surface area contributed by atoms with E-state index in [1.807, 2.05) is 13.8 Å². The Morgan fingerprint density at radius 3 is 2.80 bits per heavy atom. The molecule has 1 N–H and O–H groups in total. The minimum absolute atomic E-state index is 0.183. The highest BCUT2D eigenvalue weighted by Crippen LogP contribution is 2.34. The number of nitro groups is 1. The van der Waals surface area contributed by atoms with Gasteiger partial charge in [-0.05, 0) is 26.3 Å². The van der Waals surface area contributed by atoms with E-state index < -0.39 is 0 Å². The van der Waals surface area contributed by atoms with E-state index in [1.54, 1.807) is 11.7 Å². The van der Waals surface area contributed by atoms with E-state index in [9.17, 15) is 10.1 Å². The zero-order chi connectivity index (χ0) is 14.7. The Labute approximate surface area is 119 Å². The number of aryl methyl sites for hydroxylation is 2. The Morgan fingerprint density at radius 1 is 1.55 bits per heavy atom. The fourth-order valence-electron chi connectivity index (χ4n) is 2.96. The van der Waals surface area contributed by atoms with E-state index in [0.717, 1.165) is 32.5 Å². The van der Waals surface area contributed by atoms with Crippen molar-refractivity contribution in [2.75, 3.05) is 24.5 Å². The Kier molecular flexibility index (Phi) is 4.59. The van der Waals surface area contributed by atoms with Gasteiger partial charge in [-0.2, -0.15) is 5.10 Å². The van der Waals surface area contributed by atoms with Crippen molar-refractivity contribution in [1.82, 2.24) is 15.1 Å². The van der Waals surface area contributed by atoms with Gasteiger partial charge in [0.15, 0.2) is 0 Å². The van der Waals surface area contributed by atoms with Gasteiger partial charge in [-0.1, -0.05) is 13.3 Å². The first-order valence-corrected chi connectivity index (χ1v) is 7.27. The van der Waals surface area contributed by atoms with E-state index in [1.165, 1.54) is 0 Å². The fourth-order valence-corrected chi connectivity index (χ4v) is 2.96. The molecule has 20 heavy (non-hydrogen) atoms. The molecule has 0 saturated carbocycles. The molecule has 0 aromatic carbocycles. The van der Waals surface area contributed by atoms with Crippen molar-refractivity contribution in [3.05, 3.63) is 15.8 Å². The molecular formula is C13H23N5O2. The normalized spacial score (nSPS) is 18.4. The molecule has 1 saturated heterocycles. The molecule has 1 unspecified atom stereocenters. The predicted octanol–water partition coefficient (Wildman–Crippen LogP) is 1.47. The van der Waals surface area contributed by atoms with Crippen LogP contribution in [0.15, 0.2) is 0 Å². The fraction of sp³-hybridized carbons (Fsp3) is 0.769. The lowest BCUT2D eigenvalue weighted by Gasteiger charge is -2.28. The topological polar surface area (TPSA) is 76.2 Å². The molecule has 1 aliphatic heterocycles. The zero-order valence-electron chi connectivity index (χ0n) is 12.4. The van der Waals surface area contributed by atoms with Crippen LogP contribution >= 0.6 is 0 Å². The van der Waals surface area contributed by atoms with Crippen LogP contribution in [0.2, 0.25) is 0 Å². The number of nitrogens with one attached hydrogen (secondary N) is 1. The van der Waals surface area contributed by atoms with Crippen molar-refractivity contribution in [2.45, 2.75) is 39.2 Å². The average molecular weight is 281 g/mol. The quantitative estimate of drug-likeness (QED) is 0.631. The summed E-state index contributed by atoms with van der Waals surface area (Å²) in [7, 11) is 1.80. The van der Waals surface area contributed by atoms with Crippen LogP contribution in [0.3, 0.4) is 0 Å². The van der Waals surface area contributed by atoms with Crippen LogP contribution in [-0.2, 0) is 13.5 Å². The van der Waals surface area contributed by atoms with Gasteiger partial charge in [0.25, 0.3) is 0 Å². The van der Waals surface area contributed by atoms with Gasteiger partial charge in [-0.15, -0.1) is 0 Å². The highest BCUT2D eigenvalue weighted by molar-refractivity contribution is 5.62. The summed E-state index contributed by atoms with van der Waals surface area (Å²) in [5.41, 5.74) is 0.780. The molecular weight excluding hydrogens is 258 g/mol. The number of likely N-dealkylation sites (N-methyl/N-ethyl adjacent to an activating group) is 1. The third-order valence-corrected chi connectivity index (χ3v) is 3.82. The van der Waals surface area contributed by atoms with Crippen LogP contribution < -0.4 is 10.2 Å². The van der Waals surface area contributed by atoms with Crippen molar-refractivity contribution < 1.29 is 4.92 Å². The van der Waals surface area contributed by atoms with Crippen molar-refractivity contribution in [3.8, 4) is 0 Å². The van der Waals surface area contributed by atoms with E-state index in [-0.39, 0.29) is 10.6 Å². The molecule has 7 nitrogen and oxygen atoms in total. The number of anilines is 1. The van der Waals surface area contributed by atoms with Gasteiger partial charge in [0, 0.05) is 26.2 Å². The Bertz CT molecular complexity index is 479. The summed E-state index contributed by atoms with van der Waals surface area (Å²) >= 11 is 0. The van der Waals surface area contributed by atoms with E-state index >= 15 is 0 Å². The predicted molar refractivity (Wildman–Crippen MR) is 78.2 cm³/mol. The summed E-state index contributed by atoms with van der Waals surface area (Å²) in [5, 5.41) is 19.2. The molecule has 112 valence electrons. The van der Waals surface area contributed by atoms with Crippen molar-refractivity contribution in [1.29, 1.82) is 0 Å². The van der Waals surface area contributed by atoms with Gasteiger partial charge >= 0.3 is 5.69 Å². The monoisotopic (exact) mass is 281 g/mol. The van der Waals surface area contributed by atoms with E-state index in [0.29, 0.717) is 24.0 Å². The minimum Gasteiger partial charge on any atom is -0.347 e. The second-order valence-corrected chi connectivity index (χ2v) is 5.18. The van der Waals surface area contributed by atoms with Gasteiger partial charge in [0.1, 0.15) is 5.69 Å². The molecule has 0 spiro atoms. The van der Waals surface area contributed by atoms with Crippen LogP contribution in [0.25, 0.3) is 0 Å². The highest BCUT2D eigenvalue weighted by Gasteiger charge is 2.33. The highest BCUT2D eigenvalue weighted by atomic mass is 16.6. The Balaban J connectivity index is 2.44. The third-order valence-electron chi connectivity index (χ3n) is 3.82. The number of hydrogen-bond acceptors (Lipinski definition) is 5. The second kappa shape index (κ2) is 6.21. The molecule has 1 aliphatic rings. The van der Waals surface area contributed by atoms with Gasteiger partial charge in [-0.25, -0.2) is 4.68 Å². The lowest BCUT2D eigenvalue weighted by atomic mass is 10.2. The van der Waals surface area contributed by atoms with Crippen LogP contribution in [0.4, 0.5) is 11.5 Å². The molecule has 0 radical (unpaired) electrons. The summed E-state index contributed by atoms with van der Waals surface area (Å²) in [6, 6.07) is 0.309. The maximum Gasteiger partial charge on any atom is 0.334 e. The van der Waals surface area contributed by atoms with Gasteiger partial charge < -0.3 is 10.2 Å². The smallest absolute Gasteiger partial charge is 0.334 e. The summed E-state index contributed by atoms with van der Waals surface area (Å²) in [4.78, 5) is 13.3. The molecule has 1 aromatic heterocycles. The largest absolute Gasteiger partial charge is 0.347 e. The molecule has 1 atom stereocenters. The summed E-state index contributed by atoms with van der Waals surface area (Å²) in [5.74, 6) is 0.648. The molecule has 1 aromatic rings. The molecule has 0 amide bonds. The van der Waals surface area contributed by atoms with Gasteiger partial charge in [-0.3, -0.25) is 10.1 Å². The van der Waals surface area contributed by atoms with Crippen LogP contribution in [0.5, 0.6) is 0 Å². The summed E-state index contributed by atoms with van der Waals surface area (Å²) < 4.78 is 1.67. The number of hydrogen-bond donors (Lipinski definition) is 1. The van der Waals surface area contributed by atoms with Crippen LogP contribution in [0, 0.1) is 10.1 Å². The molecule has 1 fully saturated rings. The van der Waals surface area contributed by atoms with Crippen molar-refractivity contribution in [2.24, 2.45) is 7.05 Å². The van der Waals surface area contributed by atoms with Crippen LogP contribution in [0.1, 0.15) is 32.4 Å². The maximum atomic E-state index is 11.5. The lowest BCUT2D eigenvalue weighted by Crippen LogP contribution is -2.38. The number of rotatable bonds is 6. The van der Waals surface area contributed by atoms with Gasteiger partial charge in [0.05, 0.1) is 4.92 Å². The second-order valence-electron chi connectivity index (χ2n) is 5.18. The average Bonchev–Trinajstić information content (AvgIpc) is 3.01. The maximum absolute atomic E-state index is 11.5. The Morgan fingerprint density at radius 2 is 2.30 bits per heavy atom. The zero-order valence-corrected chi connectivity index (χ0v) is 12.4. The molecule has 0 aliphatic carbocycles. The van der Waals surface area contributed by atoms with Crippen molar-refractivity contribution >= 4 is 11.5 Å². The summed E-state index contributed by atoms with van der Waals surface area (Å²) in [6.45, 7) is 6.64. The van der Waals surface area contributed by atoms with Crippen molar-refractivity contribution in [3.63, 3.8) is 0 Å². The Hall–Kier alpha value is -1.63. The molecule has 2 heterocycles. The summed E-state index contributed by atoms with van der Waals surface area (Å²) in [6.07, 6.45) is 2.51. The standard InChI is InChI=1S/C13H23N5O2/c1-4-6-11-12(18(19)20)13(16(3)15-11)17(5-2)10-7-8-14-9-10/h10,14H,4-9H2,1-3H3. The first kappa shape index (κ1) is 14.8. The molecule has 0 bridgehead atoms. The van der Waals surface area contributed by atoms with Crippen LogP contribution in [-0.4, -0.2) is 40.4 Å². The molecule has 7 heteroatoms. The first-order valence-electron chi connectivity index (χ1n) is 7.27. The van der Waals surface area contributed by atoms with E-state index in [2.05, 4.69) is 15.3 Å². The lowest BCUT2D eigenvalue weighted by molar-refractivity contribution is -0.384. The SMILES string of the molecule is CCCc1nn(C)c(N(CC)C2CCNC2)c1[N+](=O)[O-]. The van der Waals surface area contributed by atoms with Gasteiger partial charge in [0.2, 0.25) is 5.82 Å². The molecule has 2 rings (SSSR count). The van der Waals surface area contributed by atoms with E-state index in [4.69, 9.17) is 0 Å². The number of nitrogens with zero attached hydrogens (tertiary/aromatic N) is 4. The first-order chi connectivity index (χ1) is 9.60.